The number of alkyl halides is 1. The van der Waals surface area contributed by atoms with Crippen molar-refractivity contribution in [1.29, 1.82) is 0 Å². The second kappa shape index (κ2) is 5.89. The van der Waals surface area contributed by atoms with Crippen LogP contribution in [-0.4, -0.2) is 22.3 Å². The van der Waals surface area contributed by atoms with Crippen molar-refractivity contribution in [2.75, 3.05) is 5.88 Å². The lowest BCUT2D eigenvalue weighted by Crippen LogP contribution is -2.51. The molecule has 1 aromatic rings. The molecule has 0 saturated heterocycles. The number of aromatic nitrogens is 1. The third-order valence-electron chi connectivity index (χ3n) is 3.46. The summed E-state index contributed by atoms with van der Waals surface area (Å²) in [5.74, 6) is 0.284. The molecule has 0 spiro atoms. The highest BCUT2D eigenvalue weighted by Crippen LogP contribution is 2.30. The monoisotopic (exact) mass is 286 g/mol. The summed E-state index contributed by atoms with van der Waals surface area (Å²) >= 11 is 12.0. The second-order valence-electron chi connectivity index (χ2n) is 4.78. The zero-order chi connectivity index (χ0) is 13.0. The van der Waals surface area contributed by atoms with Crippen LogP contribution in [0.15, 0.2) is 18.5 Å². The number of nitrogens with zero attached hydrogens (tertiary/aromatic N) is 1. The van der Waals surface area contributed by atoms with Crippen LogP contribution in [0.3, 0.4) is 0 Å². The summed E-state index contributed by atoms with van der Waals surface area (Å²) in [5.41, 5.74) is 0.186. The van der Waals surface area contributed by atoms with Crippen molar-refractivity contribution in [3.8, 4) is 0 Å². The van der Waals surface area contributed by atoms with Crippen molar-refractivity contribution in [2.45, 2.75) is 37.6 Å². The van der Waals surface area contributed by atoms with Gasteiger partial charge in [-0.3, -0.25) is 9.78 Å². The van der Waals surface area contributed by atoms with Crippen LogP contribution >= 0.6 is 23.2 Å². The second-order valence-corrected chi connectivity index (χ2v) is 5.46. The molecule has 0 bridgehead atoms. The minimum absolute atomic E-state index is 0.162. The van der Waals surface area contributed by atoms with Crippen LogP contribution in [0.5, 0.6) is 0 Å². The summed E-state index contributed by atoms with van der Waals surface area (Å²) in [7, 11) is 0. The fraction of sp³-hybridized carbons (Fsp3) is 0.538. The van der Waals surface area contributed by atoms with Crippen molar-refractivity contribution in [2.24, 2.45) is 0 Å². The SMILES string of the molecule is O=C(NC1(CCl)CCCCC1)c1ccncc1Cl. The fourth-order valence-corrected chi connectivity index (χ4v) is 2.93. The van der Waals surface area contributed by atoms with Crippen LogP contribution in [0.4, 0.5) is 0 Å². The molecule has 0 unspecified atom stereocenters. The fourth-order valence-electron chi connectivity index (χ4n) is 2.39. The lowest BCUT2D eigenvalue weighted by Gasteiger charge is -2.36. The number of pyridine rings is 1. The molecule has 5 heteroatoms. The summed E-state index contributed by atoms with van der Waals surface area (Å²) in [6.45, 7) is 0. The molecule has 0 atom stereocenters. The summed E-state index contributed by atoms with van der Waals surface area (Å²) < 4.78 is 0. The van der Waals surface area contributed by atoms with Gasteiger partial charge in [0.25, 0.3) is 5.91 Å². The minimum atomic E-state index is -0.274. The lowest BCUT2D eigenvalue weighted by atomic mass is 9.83. The van der Waals surface area contributed by atoms with E-state index in [0.717, 1.165) is 25.7 Å². The van der Waals surface area contributed by atoms with Gasteiger partial charge in [-0.2, -0.15) is 0 Å². The van der Waals surface area contributed by atoms with Gasteiger partial charge in [-0.05, 0) is 18.9 Å². The number of amides is 1. The zero-order valence-electron chi connectivity index (χ0n) is 10.1. The van der Waals surface area contributed by atoms with E-state index in [1.54, 1.807) is 12.3 Å². The number of rotatable bonds is 3. The predicted molar refractivity (Wildman–Crippen MR) is 73.2 cm³/mol. The first-order valence-electron chi connectivity index (χ1n) is 6.15. The van der Waals surface area contributed by atoms with Crippen molar-refractivity contribution < 1.29 is 4.79 Å². The quantitative estimate of drug-likeness (QED) is 0.866. The number of halogens is 2. The predicted octanol–water partition coefficient (Wildman–Crippen LogP) is 3.41. The van der Waals surface area contributed by atoms with E-state index < -0.39 is 0 Å². The van der Waals surface area contributed by atoms with Gasteiger partial charge in [-0.25, -0.2) is 0 Å². The molecule has 0 aliphatic heterocycles. The highest BCUT2D eigenvalue weighted by molar-refractivity contribution is 6.33. The summed E-state index contributed by atoms with van der Waals surface area (Å²) in [4.78, 5) is 16.1. The normalized spacial score (nSPS) is 18.3. The molecule has 1 amide bonds. The molecule has 3 nitrogen and oxygen atoms in total. The van der Waals surface area contributed by atoms with E-state index in [0.29, 0.717) is 16.5 Å². The molecule has 98 valence electrons. The Morgan fingerprint density at radius 3 is 2.72 bits per heavy atom. The summed E-state index contributed by atoms with van der Waals surface area (Å²) in [5, 5.41) is 3.43. The molecule has 1 aromatic heterocycles. The zero-order valence-corrected chi connectivity index (χ0v) is 11.6. The van der Waals surface area contributed by atoms with Gasteiger partial charge in [0.2, 0.25) is 0 Å². The Kier molecular flexibility index (Phi) is 4.46. The molecular weight excluding hydrogens is 271 g/mol. The highest BCUT2D eigenvalue weighted by atomic mass is 35.5. The van der Waals surface area contributed by atoms with Crippen LogP contribution in [-0.2, 0) is 0 Å². The molecule has 1 N–H and O–H groups in total. The molecule has 0 aromatic carbocycles. The number of hydrogen-bond donors (Lipinski definition) is 1. The Hall–Kier alpha value is -0.800. The lowest BCUT2D eigenvalue weighted by molar-refractivity contribution is 0.0885. The van der Waals surface area contributed by atoms with Gasteiger partial charge in [-0.1, -0.05) is 30.9 Å². The third kappa shape index (κ3) is 2.96. The smallest absolute Gasteiger partial charge is 0.253 e. The molecular formula is C13H16Cl2N2O. The van der Waals surface area contributed by atoms with Crippen molar-refractivity contribution in [3.63, 3.8) is 0 Å². The van der Waals surface area contributed by atoms with Gasteiger partial charge >= 0.3 is 0 Å². The third-order valence-corrected chi connectivity index (χ3v) is 4.28. The van der Waals surface area contributed by atoms with Crippen LogP contribution in [0.25, 0.3) is 0 Å². The molecule has 18 heavy (non-hydrogen) atoms. The average molecular weight is 287 g/mol. The largest absolute Gasteiger partial charge is 0.345 e. The van der Waals surface area contributed by atoms with E-state index in [9.17, 15) is 4.79 Å². The Morgan fingerprint density at radius 1 is 1.39 bits per heavy atom. The van der Waals surface area contributed by atoms with Gasteiger partial charge in [0.15, 0.2) is 0 Å². The first-order valence-corrected chi connectivity index (χ1v) is 7.06. The highest BCUT2D eigenvalue weighted by Gasteiger charge is 2.33. The van der Waals surface area contributed by atoms with Gasteiger partial charge in [-0.15, -0.1) is 11.6 Å². The van der Waals surface area contributed by atoms with Gasteiger partial charge in [0.05, 0.1) is 16.1 Å². The number of hydrogen-bond acceptors (Lipinski definition) is 2. The Bertz CT molecular complexity index is 431. The maximum Gasteiger partial charge on any atom is 0.253 e. The Labute approximate surface area is 117 Å². The van der Waals surface area contributed by atoms with Crippen molar-refractivity contribution in [1.82, 2.24) is 10.3 Å². The van der Waals surface area contributed by atoms with E-state index in [-0.39, 0.29) is 11.4 Å². The summed E-state index contributed by atoms with van der Waals surface area (Å²) in [6.07, 6.45) is 8.34. The molecule has 1 aliphatic carbocycles. The Morgan fingerprint density at radius 2 is 2.11 bits per heavy atom. The molecule has 1 saturated carbocycles. The standard InChI is InChI=1S/C13H16Cl2N2O/c14-9-13(5-2-1-3-6-13)17-12(18)10-4-7-16-8-11(10)15/h4,7-8H,1-3,5-6,9H2,(H,17,18). The van der Waals surface area contributed by atoms with E-state index in [4.69, 9.17) is 23.2 Å². The average Bonchev–Trinajstić information content (AvgIpc) is 2.40. The molecule has 1 heterocycles. The molecule has 1 aliphatic rings. The van der Waals surface area contributed by atoms with E-state index in [2.05, 4.69) is 10.3 Å². The minimum Gasteiger partial charge on any atom is -0.345 e. The van der Waals surface area contributed by atoms with Crippen molar-refractivity contribution in [3.05, 3.63) is 29.0 Å². The van der Waals surface area contributed by atoms with Crippen LogP contribution < -0.4 is 5.32 Å². The van der Waals surface area contributed by atoms with Gasteiger partial charge in [0, 0.05) is 18.3 Å². The van der Waals surface area contributed by atoms with E-state index in [1.807, 2.05) is 0 Å². The van der Waals surface area contributed by atoms with Gasteiger partial charge < -0.3 is 5.32 Å². The first kappa shape index (κ1) is 13.6. The van der Waals surface area contributed by atoms with Gasteiger partial charge in [0.1, 0.15) is 0 Å². The topological polar surface area (TPSA) is 42.0 Å². The molecule has 1 fully saturated rings. The van der Waals surface area contributed by atoms with Crippen LogP contribution in [0, 0.1) is 0 Å². The number of nitrogens with one attached hydrogen (secondary N) is 1. The number of carbonyl (C=O) groups excluding carboxylic acids is 1. The van der Waals surface area contributed by atoms with E-state index in [1.165, 1.54) is 12.6 Å². The molecule has 0 radical (unpaired) electrons. The first-order chi connectivity index (χ1) is 8.67. The van der Waals surface area contributed by atoms with Crippen molar-refractivity contribution >= 4 is 29.1 Å². The molecule has 2 rings (SSSR count). The maximum atomic E-state index is 12.2. The van der Waals surface area contributed by atoms with Crippen LogP contribution in [0.1, 0.15) is 42.5 Å². The maximum absolute atomic E-state index is 12.2. The number of carbonyl (C=O) groups is 1. The Balaban J connectivity index is 2.13. The summed E-state index contributed by atoms with van der Waals surface area (Å²) in [6, 6.07) is 1.63. The van der Waals surface area contributed by atoms with Crippen LogP contribution in [0.2, 0.25) is 5.02 Å². The van der Waals surface area contributed by atoms with E-state index >= 15 is 0 Å².